The van der Waals surface area contributed by atoms with Crippen LogP contribution in [-0.2, 0) is 10.0 Å². The van der Waals surface area contributed by atoms with Gasteiger partial charge in [-0.3, -0.25) is 9.52 Å². The van der Waals surface area contributed by atoms with E-state index in [1.54, 1.807) is 31.0 Å². The summed E-state index contributed by atoms with van der Waals surface area (Å²) in [4.78, 5) is 14.8. The van der Waals surface area contributed by atoms with E-state index in [1.165, 1.54) is 6.07 Å². The van der Waals surface area contributed by atoms with Crippen LogP contribution in [0.15, 0.2) is 41.3 Å². The number of nitrogens with one attached hydrogen (secondary N) is 1. The van der Waals surface area contributed by atoms with E-state index in [-0.39, 0.29) is 16.8 Å². The monoisotopic (exact) mass is 400 g/mol. The number of carbonyl (C=O) groups is 1. The summed E-state index contributed by atoms with van der Waals surface area (Å²) in [5.74, 6) is -0.130. The summed E-state index contributed by atoms with van der Waals surface area (Å²) in [7, 11) is -2.00. The maximum Gasteiger partial charge on any atom is 0.262 e. The molecule has 0 aliphatic heterocycles. The Labute approximate surface area is 167 Å². The Morgan fingerprint density at radius 2 is 1.64 bits per heavy atom. The molecule has 1 N–H and O–H groups in total. The highest BCUT2D eigenvalue weighted by Gasteiger charge is 2.26. The Hall–Kier alpha value is -2.34. The van der Waals surface area contributed by atoms with Gasteiger partial charge in [0.25, 0.3) is 15.9 Å². The van der Waals surface area contributed by atoms with Crippen LogP contribution in [0.4, 0.5) is 5.69 Å². The van der Waals surface area contributed by atoms with Crippen LogP contribution in [0.5, 0.6) is 0 Å². The summed E-state index contributed by atoms with van der Waals surface area (Å²) in [6.45, 7) is 5.52. The molecule has 1 saturated carbocycles. The average Bonchev–Trinajstić information content (AvgIpc) is 3.18. The van der Waals surface area contributed by atoms with Crippen LogP contribution in [0.1, 0.15) is 52.7 Å². The Morgan fingerprint density at radius 3 is 2.32 bits per heavy atom. The van der Waals surface area contributed by atoms with E-state index in [1.807, 2.05) is 32.0 Å². The van der Waals surface area contributed by atoms with Crippen molar-refractivity contribution in [2.24, 2.45) is 0 Å². The molecule has 0 atom stereocenters. The van der Waals surface area contributed by atoms with E-state index in [9.17, 15) is 13.2 Å². The van der Waals surface area contributed by atoms with Crippen LogP contribution in [0.25, 0.3) is 0 Å². The molecule has 0 spiro atoms. The highest BCUT2D eigenvalue weighted by atomic mass is 32.2. The molecule has 0 unspecified atom stereocenters. The van der Waals surface area contributed by atoms with Crippen molar-refractivity contribution in [1.29, 1.82) is 0 Å². The quantitative estimate of drug-likeness (QED) is 0.807. The number of anilines is 1. The van der Waals surface area contributed by atoms with E-state index >= 15 is 0 Å². The van der Waals surface area contributed by atoms with Gasteiger partial charge in [-0.2, -0.15) is 0 Å². The van der Waals surface area contributed by atoms with Crippen molar-refractivity contribution in [3.05, 3.63) is 58.7 Å². The van der Waals surface area contributed by atoms with Gasteiger partial charge in [0.15, 0.2) is 0 Å². The fourth-order valence-electron chi connectivity index (χ4n) is 3.73. The lowest BCUT2D eigenvalue weighted by molar-refractivity contribution is 0.0735. The van der Waals surface area contributed by atoms with Crippen molar-refractivity contribution in [2.45, 2.75) is 57.4 Å². The molecule has 2 aromatic carbocycles. The average molecular weight is 401 g/mol. The van der Waals surface area contributed by atoms with E-state index in [4.69, 9.17) is 0 Å². The van der Waals surface area contributed by atoms with Crippen molar-refractivity contribution >= 4 is 21.6 Å². The van der Waals surface area contributed by atoms with E-state index in [2.05, 4.69) is 4.72 Å². The molecule has 0 heterocycles. The van der Waals surface area contributed by atoms with Crippen molar-refractivity contribution in [3.63, 3.8) is 0 Å². The second-order valence-corrected chi connectivity index (χ2v) is 9.41. The molecule has 0 saturated heterocycles. The second kappa shape index (κ2) is 7.95. The number of hydrogen-bond acceptors (Lipinski definition) is 3. The molecule has 1 aliphatic rings. The molecule has 3 rings (SSSR count). The Bertz CT molecular complexity index is 993. The van der Waals surface area contributed by atoms with Crippen LogP contribution in [0, 0.1) is 20.8 Å². The number of hydrogen-bond donors (Lipinski definition) is 1. The van der Waals surface area contributed by atoms with Crippen molar-refractivity contribution in [2.75, 3.05) is 11.8 Å². The molecule has 1 aliphatic carbocycles. The smallest absolute Gasteiger partial charge is 0.262 e. The highest BCUT2D eigenvalue weighted by molar-refractivity contribution is 7.92. The molecule has 0 aromatic heterocycles. The van der Waals surface area contributed by atoms with Gasteiger partial charge >= 0.3 is 0 Å². The number of nitrogens with zero attached hydrogens (tertiary/aromatic N) is 1. The predicted octanol–water partition coefficient (Wildman–Crippen LogP) is 4.43. The highest BCUT2D eigenvalue weighted by Crippen LogP contribution is 2.26. The van der Waals surface area contributed by atoms with Gasteiger partial charge in [-0.25, -0.2) is 8.42 Å². The summed E-state index contributed by atoms with van der Waals surface area (Å²) < 4.78 is 28.8. The molecule has 1 fully saturated rings. The molecule has 2 aromatic rings. The van der Waals surface area contributed by atoms with E-state index in [0.717, 1.165) is 36.8 Å². The fourth-order valence-corrected chi connectivity index (χ4v) is 5.12. The van der Waals surface area contributed by atoms with Crippen molar-refractivity contribution < 1.29 is 13.2 Å². The van der Waals surface area contributed by atoms with Crippen molar-refractivity contribution in [1.82, 2.24) is 4.90 Å². The zero-order valence-corrected chi connectivity index (χ0v) is 17.8. The molecule has 0 bridgehead atoms. The first-order chi connectivity index (χ1) is 13.2. The third kappa shape index (κ3) is 4.22. The lowest BCUT2D eigenvalue weighted by Gasteiger charge is -2.24. The summed E-state index contributed by atoms with van der Waals surface area (Å²) in [5.41, 5.74) is 3.39. The third-order valence-electron chi connectivity index (χ3n) is 5.55. The van der Waals surface area contributed by atoms with Crippen LogP contribution in [0.2, 0.25) is 0 Å². The summed E-state index contributed by atoms with van der Waals surface area (Å²) in [6.07, 6.45) is 4.28. The maximum atomic E-state index is 13.1. The van der Waals surface area contributed by atoms with Gasteiger partial charge < -0.3 is 4.90 Å². The number of amides is 1. The van der Waals surface area contributed by atoms with Gasteiger partial charge in [-0.15, -0.1) is 0 Å². The Kier molecular flexibility index (Phi) is 5.79. The molecule has 28 heavy (non-hydrogen) atoms. The molecule has 5 nitrogen and oxygen atoms in total. The zero-order valence-electron chi connectivity index (χ0n) is 17.0. The minimum Gasteiger partial charge on any atom is -0.339 e. The molecular formula is C22H28N2O3S. The van der Waals surface area contributed by atoms with Crippen LogP contribution >= 0.6 is 0 Å². The first kappa shape index (κ1) is 20.4. The fraction of sp³-hybridized carbons (Fsp3) is 0.409. The molecular weight excluding hydrogens is 372 g/mol. The molecule has 150 valence electrons. The van der Waals surface area contributed by atoms with E-state index < -0.39 is 10.0 Å². The SMILES string of the molecule is Cc1ccc(C)c(NS(=O)(=O)c2cc(C(=O)N(C)C3CCCC3)ccc2C)c1. The number of benzene rings is 2. The standard InChI is InChI=1S/C22H28N2O3S/c1-15-9-10-16(2)20(13-15)23-28(26,27)21-14-18(12-11-17(21)3)22(25)24(4)19-7-5-6-8-19/h9-14,19,23H,5-8H2,1-4H3. The normalized spacial score (nSPS) is 14.9. The Morgan fingerprint density at radius 1 is 1.00 bits per heavy atom. The van der Waals surface area contributed by atoms with Crippen LogP contribution < -0.4 is 4.72 Å². The summed E-state index contributed by atoms with van der Waals surface area (Å²) in [6, 6.07) is 10.8. The first-order valence-electron chi connectivity index (χ1n) is 9.67. The number of sulfonamides is 1. The van der Waals surface area contributed by atoms with Gasteiger partial charge in [0.1, 0.15) is 0 Å². The van der Waals surface area contributed by atoms with Crippen LogP contribution in [0.3, 0.4) is 0 Å². The Balaban J connectivity index is 1.91. The third-order valence-corrected chi connectivity index (χ3v) is 7.06. The van der Waals surface area contributed by atoms with E-state index in [0.29, 0.717) is 16.8 Å². The molecule has 0 radical (unpaired) electrons. The first-order valence-corrected chi connectivity index (χ1v) is 11.2. The van der Waals surface area contributed by atoms with Gasteiger partial charge in [-0.05, 0) is 68.5 Å². The summed E-state index contributed by atoms with van der Waals surface area (Å²) >= 11 is 0. The molecule has 1 amide bonds. The topological polar surface area (TPSA) is 66.5 Å². The lowest BCUT2D eigenvalue weighted by atomic mass is 10.1. The lowest BCUT2D eigenvalue weighted by Crippen LogP contribution is -2.35. The van der Waals surface area contributed by atoms with Gasteiger partial charge in [-0.1, -0.05) is 31.0 Å². The van der Waals surface area contributed by atoms with Gasteiger partial charge in [0, 0.05) is 18.7 Å². The maximum absolute atomic E-state index is 13.1. The van der Waals surface area contributed by atoms with Crippen LogP contribution in [-0.4, -0.2) is 32.3 Å². The number of rotatable bonds is 5. The number of carbonyl (C=O) groups excluding carboxylic acids is 1. The molecule has 6 heteroatoms. The summed E-state index contributed by atoms with van der Waals surface area (Å²) in [5, 5.41) is 0. The number of aryl methyl sites for hydroxylation is 3. The minimum absolute atomic E-state index is 0.130. The minimum atomic E-state index is -3.80. The zero-order chi connectivity index (χ0) is 20.5. The second-order valence-electron chi connectivity index (χ2n) is 7.76. The predicted molar refractivity (Wildman–Crippen MR) is 112 cm³/mol. The van der Waals surface area contributed by atoms with Gasteiger partial charge in [0.05, 0.1) is 10.6 Å². The van der Waals surface area contributed by atoms with Gasteiger partial charge in [0.2, 0.25) is 0 Å². The largest absolute Gasteiger partial charge is 0.339 e. The van der Waals surface area contributed by atoms with Crippen molar-refractivity contribution in [3.8, 4) is 0 Å².